The molecule has 0 fully saturated rings. The predicted octanol–water partition coefficient (Wildman–Crippen LogP) is 6.35. The van der Waals surface area contributed by atoms with Crippen LogP contribution >= 0.6 is 0 Å². The zero-order valence-electron chi connectivity index (χ0n) is 37.3. The van der Waals surface area contributed by atoms with E-state index in [9.17, 15) is 37.5 Å². The number of carbonyl (C=O) groups is 4. The predicted molar refractivity (Wildman–Crippen MR) is 249 cm³/mol. The van der Waals surface area contributed by atoms with E-state index in [0.717, 1.165) is 53.0 Å². The topological polar surface area (TPSA) is 245 Å². The van der Waals surface area contributed by atoms with Crippen LogP contribution in [0.4, 0.5) is 30.4 Å². The van der Waals surface area contributed by atoms with Gasteiger partial charge >= 0.3 is 12.1 Å². The number of amides is 3. The molecule has 356 valence electrons. The molecule has 6 N–H and O–H groups in total. The molecule has 19 nitrogen and oxygen atoms in total. The van der Waals surface area contributed by atoms with Gasteiger partial charge in [0.25, 0.3) is 17.7 Å². The molecular weight excluding hydrogens is 912 g/mol. The minimum atomic E-state index is -4.55. The first-order chi connectivity index (χ1) is 33.7. The van der Waals surface area contributed by atoms with Gasteiger partial charge in [-0.1, -0.05) is 42.5 Å². The Kier molecular flexibility index (Phi) is 12.8. The smallest absolute Gasteiger partial charge is 0.433 e. The first kappa shape index (κ1) is 46.2. The second-order valence-corrected chi connectivity index (χ2v) is 16.3. The van der Waals surface area contributed by atoms with Crippen LogP contribution in [-0.4, -0.2) is 74.7 Å². The number of ether oxygens (including phenoxy) is 1. The van der Waals surface area contributed by atoms with Crippen molar-refractivity contribution in [3.63, 3.8) is 0 Å². The van der Waals surface area contributed by atoms with Crippen molar-refractivity contribution in [3.8, 4) is 5.75 Å². The van der Waals surface area contributed by atoms with Crippen LogP contribution in [0.1, 0.15) is 77.3 Å². The van der Waals surface area contributed by atoms with Gasteiger partial charge in [-0.25, -0.2) is 24.7 Å². The van der Waals surface area contributed by atoms with Crippen LogP contribution in [0, 0.1) is 0 Å². The number of aromatic nitrogens is 8. The average Bonchev–Trinajstić information content (AvgIpc) is 4.03. The summed E-state index contributed by atoms with van der Waals surface area (Å²) >= 11 is 0. The number of aromatic carboxylic acids is 1. The number of aryl methyl sites for hydroxylation is 3. The van der Waals surface area contributed by atoms with Crippen molar-refractivity contribution in [3.05, 3.63) is 154 Å². The summed E-state index contributed by atoms with van der Waals surface area (Å²) < 4.78 is 47.3. The van der Waals surface area contributed by atoms with Gasteiger partial charge in [0.2, 0.25) is 0 Å². The SMILES string of the molecule is Cn1cc(NCc2ccccc2)c2ncnc(C(=O)NCc3ccnc(C(F)(F)F)c3)c21.Cn1nc2c(C(=O)NCc3ccc4c(c3)NC(=O)CO4)ncnc2c1NC1CCc2cc(C(=O)O)ccc21. The van der Waals surface area contributed by atoms with E-state index in [4.69, 9.17) is 4.74 Å². The number of fused-ring (bicyclic) bond motifs is 4. The lowest BCUT2D eigenvalue weighted by Crippen LogP contribution is -2.26. The molecule has 0 bridgehead atoms. The Hall–Kier alpha value is -8.95. The maximum Gasteiger partial charge on any atom is 0.433 e. The minimum Gasteiger partial charge on any atom is -0.482 e. The second-order valence-electron chi connectivity index (χ2n) is 16.3. The summed E-state index contributed by atoms with van der Waals surface area (Å²) in [4.78, 5) is 69.1. The molecular formula is C48H42F3N13O6. The maximum atomic E-state index is 13.1. The number of benzene rings is 3. The van der Waals surface area contributed by atoms with Gasteiger partial charge in [0.15, 0.2) is 23.8 Å². The summed E-state index contributed by atoms with van der Waals surface area (Å²) in [6, 6.07) is 22.6. The highest BCUT2D eigenvalue weighted by Crippen LogP contribution is 2.36. The molecule has 1 aliphatic heterocycles. The number of nitrogens with zero attached hydrogens (tertiary/aromatic N) is 8. The summed E-state index contributed by atoms with van der Waals surface area (Å²) in [5.74, 6) is -0.879. The van der Waals surface area contributed by atoms with Crippen molar-refractivity contribution in [2.24, 2.45) is 14.1 Å². The Morgan fingerprint density at radius 2 is 1.54 bits per heavy atom. The fourth-order valence-corrected chi connectivity index (χ4v) is 8.22. The van der Waals surface area contributed by atoms with Crippen LogP contribution in [0.2, 0.25) is 0 Å². The molecule has 3 aromatic carbocycles. The van der Waals surface area contributed by atoms with Crippen LogP contribution in [0.3, 0.4) is 0 Å². The van der Waals surface area contributed by atoms with Crippen LogP contribution in [0.15, 0.2) is 104 Å². The fraction of sp³-hybridized carbons (Fsp3) is 0.208. The van der Waals surface area contributed by atoms with E-state index in [1.807, 2.05) is 48.7 Å². The number of alkyl halides is 3. The van der Waals surface area contributed by atoms with Crippen molar-refractivity contribution in [1.82, 2.24) is 49.9 Å². The number of nitrogens with one attached hydrogen (secondary N) is 5. The molecule has 3 amide bonds. The Bertz CT molecular complexity index is 3320. The Morgan fingerprint density at radius 3 is 2.30 bits per heavy atom. The van der Waals surface area contributed by atoms with Gasteiger partial charge in [-0.05, 0) is 77.1 Å². The Morgan fingerprint density at radius 1 is 0.814 bits per heavy atom. The van der Waals surface area contributed by atoms with E-state index in [2.05, 4.69) is 56.6 Å². The number of hydrogen-bond acceptors (Lipinski definition) is 13. The summed E-state index contributed by atoms with van der Waals surface area (Å²) in [6.45, 7) is 0.670. The van der Waals surface area contributed by atoms with Gasteiger partial charge in [-0.2, -0.15) is 18.3 Å². The van der Waals surface area contributed by atoms with Crippen LogP contribution in [-0.2, 0) is 51.1 Å². The summed E-state index contributed by atoms with van der Waals surface area (Å²) in [7, 11) is 3.53. The molecule has 10 rings (SSSR count). The van der Waals surface area contributed by atoms with Gasteiger partial charge in [-0.3, -0.25) is 24.0 Å². The van der Waals surface area contributed by atoms with Gasteiger partial charge in [0, 0.05) is 46.1 Å². The monoisotopic (exact) mass is 953 g/mol. The van der Waals surface area contributed by atoms with Crippen molar-refractivity contribution in [1.29, 1.82) is 0 Å². The molecule has 6 heterocycles. The van der Waals surface area contributed by atoms with Crippen molar-refractivity contribution in [2.75, 3.05) is 22.6 Å². The van der Waals surface area contributed by atoms with Crippen LogP contribution in [0.25, 0.3) is 22.1 Å². The third-order valence-electron chi connectivity index (χ3n) is 11.6. The largest absolute Gasteiger partial charge is 0.482 e. The third-order valence-corrected chi connectivity index (χ3v) is 11.6. The third kappa shape index (κ3) is 9.86. The number of rotatable bonds is 12. The summed E-state index contributed by atoms with van der Waals surface area (Å²) in [6.07, 6.45) is 2.50. The standard InChI is InChI=1S/C26H23N7O5.C22H19F3N6O/c1-33-24(31-17-6-4-14-9-15(26(36)37)3-5-16(14)17)22-21(32-33)23(29-12-28-22)25(35)27-10-13-2-7-19-18(8-13)30-20(34)11-38-19;1-31-12-16(27-10-14-5-3-2-4-6-14)18-20(31)19(30-13-29-18)21(32)28-11-15-7-8-26-17(9-15)22(23,24)25/h2-3,5,7-9,12,17,31H,4,6,10-11H2,1H3,(H,27,35)(H,30,34)(H,36,37);2-9,12-13,27H,10-11H2,1H3,(H,28,32). The molecule has 2 aliphatic rings. The molecule has 8 aromatic rings. The number of carbonyl (C=O) groups excluding carboxylic acids is 3. The average molecular weight is 954 g/mol. The number of halogens is 3. The van der Waals surface area contributed by atoms with Crippen LogP contribution < -0.4 is 31.3 Å². The first-order valence-corrected chi connectivity index (χ1v) is 21.7. The molecule has 0 radical (unpaired) electrons. The molecule has 1 aliphatic carbocycles. The van der Waals surface area contributed by atoms with Crippen molar-refractivity contribution < 1.29 is 42.2 Å². The molecule has 5 aromatic heterocycles. The molecule has 70 heavy (non-hydrogen) atoms. The second kappa shape index (κ2) is 19.3. The normalized spacial score (nSPS) is 13.8. The van der Waals surface area contributed by atoms with Crippen LogP contribution in [0.5, 0.6) is 5.75 Å². The Balaban J connectivity index is 0.000000177. The maximum absolute atomic E-state index is 13.1. The number of hydrogen-bond donors (Lipinski definition) is 6. The van der Waals surface area contributed by atoms with Gasteiger partial charge < -0.3 is 41.0 Å². The molecule has 1 unspecified atom stereocenters. The van der Waals surface area contributed by atoms with Crippen molar-refractivity contribution in [2.45, 2.75) is 44.7 Å². The molecule has 1 atom stereocenters. The van der Waals surface area contributed by atoms with Gasteiger partial charge in [0.1, 0.15) is 46.2 Å². The highest BCUT2D eigenvalue weighted by atomic mass is 19.4. The number of pyridine rings is 1. The highest BCUT2D eigenvalue weighted by Gasteiger charge is 2.33. The van der Waals surface area contributed by atoms with E-state index in [0.29, 0.717) is 45.9 Å². The quantitative estimate of drug-likeness (QED) is 0.0782. The van der Waals surface area contributed by atoms with Crippen molar-refractivity contribution >= 4 is 63.0 Å². The van der Waals surface area contributed by atoms with E-state index >= 15 is 0 Å². The molecule has 0 saturated heterocycles. The zero-order chi connectivity index (χ0) is 49.1. The minimum absolute atomic E-state index is 0.0212. The molecule has 0 saturated carbocycles. The lowest BCUT2D eigenvalue weighted by molar-refractivity contribution is -0.141. The zero-order valence-corrected chi connectivity index (χ0v) is 37.3. The van der Waals surface area contributed by atoms with Gasteiger partial charge in [-0.15, -0.1) is 0 Å². The lowest BCUT2D eigenvalue weighted by Gasteiger charge is -2.18. The Labute approximate surface area is 395 Å². The number of carboxylic acids is 1. The van der Waals surface area contributed by atoms with E-state index in [1.165, 1.54) is 18.7 Å². The fourth-order valence-electron chi connectivity index (χ4n) is 8.22. The highest BCUT2D eigenvalue weighted by molar-refractivity contribution is 6.06. The van der Waals surface area contributed by atoms with E-state index in [-0.39, 0.29) is 54.2 Å². The summed E-state index contributed by atoms with van der Waals surface area (Å²) in [5.41, 5.74) is 6.99. The molecule has 0 spiro atoms. The number of carboxylic acid groups (broad SMARTS) is 1. The summed E-state index contributed by atoms with van der Waals surface area (Å²) in [5, 5.41) is 28.8. The molecule has 22 heteroatoms. The first-order valence-electron chi connectivity index (χ1n) is 21.7. The number of anilines is 3. The van der Waals surface area contributed by atoms with E-state index < -0.39 is 29.7 Å². The van der Waals surface area contributed by atoms with Gasteiger partial charge in [0.05, 0.1) is 23.0 Å². The lowest BCUT2D eigenvalue weighted by atomic mass is 10.0. The van der Waals surface area contributed by atoms with E-state index in [1.54, 1.807) is 47.6 Å².